The Hall–Kier alpha value is -2.74. The molecule has 0 aliphatic heterocycles. The van der Waals surface area contributed by atoms with E-state index in [0.717, 1.165) is 6.42 Å². The molecule has 0 spiro atoms. The van der Waals surface area contributed by atoms with Crippen LogP contribution in [0.25, 0.3) is 22.3 Å². The van der Waals surface area contributed by atoms with Crippen LogP contribution in [0.4, 0.5) is 11.4 Å². The molecular formula is C26H32N2. The molecule has 28 heavy (non-hydrogen) atoms. The van der Waals surface area contributed by atoms with Crippen molar-refractivity contribution in [3.63, 3.8) is 0 Å². The SMILES string of the molecule is CCCCc1cccc(-c2ccc(N(C)C)cc2)c1-c1ccc(N(C)C)cc1. The predicted octanol–water partition coefficient (Wildman–Crippen LogP) is 6.50. The lowest BCUT2D eigenvalue weighted by Crippen LogP contribution is -2.08. The molecule has 2 heteroatoms. The molecule has 0 aliphatic rings. The number of hydrogen-bond acceptors (Lipinski definition) is 2. The number of unbranched alkanes of at least 4 members (excludes halogenated alkanes) is 1. The molecule has 0 atom stereocenters. The van der Waals surface area contributed by atoms with Gasteiger partial charge in [0.15, 0.2) is 0 Å². The highest BCUT2D eigenvalue weighted by Gasteiger charge is 2.13. The van der Waals surface area contributed by atoms with Gasteiger partial charge in [0.2, 0.25) is 0 Å². The van der Waals surface area contributed by atoms with E-state index in [1.54, 1.807) is 0 Å². The molecule has 0 saturated carbocycles. The van der Waals surface area contributed by atoms with Gasteiger partial charge in [0, 0.05) is 39.6 Å². The van der Waals surface area contributed by atoms with Crippen molar-refractivity contribution >= 4 is 11.4 Å². The molecule has 3 aromatic carbocycles. The first-order valence-electron chi connectivity index (χ1n) is 10.2. The van der Waals surface area contributed by atoms with Crippen molar-refractivity contribution in [2.75, 3.05) is 38.0 Å². The standard InChI is InChI=1S/C26H32N2/c1-6-7-9-21-10-8-11-25(20-12-16-23(17-13-20)27(2)3)26(21)22-14-18-24(19-15-22)28(4)5/h8,10-19H,6-7,9H2,1-5H3. The maximum atomic E-state index is 2.29. The topological polar surface area (TPSA) is 6.48 Å². The van der Waals surface area contributed by atoms with E-state index in [-0.39, 0.29) is 0 Å². The van der Waals surface area contributed by atoms with Crippen LogP contribution in [0.15, 0.2) is 66.7 Å². The molecule has 0 saturated heterocycles. The molecule has 0 aromatic heterocycles. The lowest BCUT2D eigenvalue weighted by Gasteiger charge is -2.18. The minimum absolute atomic E-state index is 1.12. The number of hydrogen-bond donors (Lipinski definition) is 0. The lowest BCUT2D eigenvalue weighted by atomic mass is 9.88. The molecule has 0 fully saturated rings. The number of aryl methyl sites for hydroxylation is 1. The summed E-state index contributed by atoms with van der Waals surface area (Å²) in [6.45, 7) is 2.26. The molecule has 146 valence electrons. The molecular weight excluding hydrogens is 340 g/mol. The first-order chi connectivity index (χ1) is 13.5. The quantitative estimate of drug-likeness (QED) is 0.467. The maximum Gasteiger partial charge on any atom is 0.0361 e. The van der Waals surface area contributed by atoms with Gasteiger partial charge in [-0.2, -0.15) is 0 Å². The van der Waals surface area contributed by atoms with E-state index in [4.69, 9.17) is 0 Å². The minimum Gasteiger partial charge on any atom is -0.378 e. The molecule has 0 bridgehead atoms. The molecule has 0 unspecified atom stereocenters. The molecule has 0 radical (unpaired) electrons. The second kappa shape index (κ2) is 8.97. The summed E-state index contributed by atoms with van der Waals surface area (Å²) in [5.41, 5.74) is 9.15. The Bertz CT molecular complexity index is 891. The second-order valence-electron chi connectivity index (χ2n) is 7.83. The first kappa shape index (κ1) is 20.0. The van der Waals surface area contributed by atoms with E-state index in [2.05, 4.69) is 112 Å². The Labute approximate surface area is 170 Å². The van der Waals surface area contributed by atoms with Crippen LogP contribution < -0.4 is 9.80 Å². The fourth-order valence-corrected chi connectivity index (χ4v) is 3.62. The average molecular weight is 373 g/mol. The van der Waals surface area contributed by atoms with Crippen LogP contribution in [0.5, 0.6) is 0 Å². The van der Waals surface area contributed by atoms with E-state index in [9.17, 15) is 0 Å². The average Bonchev–Trinajstić information content (AvgIpc) is 2.72. The zero-order valence-electron chi connectivity index (χ0n) is 17.9. The monoisotopic (exact) mass is 372 g/mol. The lowest BCUT2D eigenvalue weighted by molar-refractivity contribution is 0.796. The van der Waals surface area contributed by atoms with Crippen LogP contribution in [0.2, 0.25) is 0 Å². The van der Waals surface area contributed by atoms with Crippen LogP contribution in [-0.4, -0.2) is 28.2 Å². The molecule has 3 aromatic rings. The van der Waals surface area contributed by atoms with Crippen LogP contribution in [-0.2, 0) is 6.42 Å². The molecule has 0 N–H and O–H groups in total. The third-order valence-corrected chi connectivity index (χ3v) is 5.32. The summed E-state index contributed by atoms with van der Waals surface area (Å²) in [5, 5.41) is 0. The van der Waals surface area contributed by atoms with Gasteiger partial charge in [-0.15, -0.1) is 0 Å². The number of rotatable bonds is 7. The Kier molecular flexibility index (Phi) is 6.41. The Morgan fingerprint density at radius 2 is 1.18 bits per heavy atom. The highest BCUT2D eigenvalue weighted by Crippen LogP contribution is 2.37. The second-order valence-corrected chi connectivity index (χ2v) is 7.83. The van der Waals surface area contributed by atoms with Crippen molar-refractivity contribution in [2.24, 2.45) is 0 Å². The molecule has 0 aliphatic carbocycles. The van der Waals surface area contributed by atoms with Gasteiger partial charge in [0.1, 0.15) is 0 Å². The summed E-state index contributed by atoms with van der Waals surface area (Å²) >= 11 is 0. The fourth-order valence-electron chi connectivity index (χ4n) is 3.62. The number of benzene rings is 3. The van der Waals surface area contributed by atoms with E-state index < -0.39 is 0 Å². The smallest absolute Gasteiger partial charge is 0.0361 e. The molecule has 0 amide bonds. The zero-order valence-corrected chi connectivity index (χ0v) is 17.9. The van der Waals surface area contributed by atoms with Gasteiger partial charge in [-0.25, -0.2) is 0 Å². The third kappa shape index (κ3) is 4.39. The van der Waals surface area contributed by atoms with Gasteiger partial charge >= 0.3 is 0 Å². The van der Waals surface area contributed by atoms with E-state index in [1.807, 2.05) is 0 Å². The van der Waals surface area contributed by atoms with Crippen LogP contribution >= 0.6 is 0 Å². The summed E-state index contributed by atoms with van der Waals surface area (Å²) in [4.78, 5) is 4.29. The van der Waals surface area contributed by atoms with Crippen molar-refractivity contribution in [1.82, 2.24) is 0 Å². The van der Waals surface area contributed by atoms with Gasteiger partial charge in [0.05, 0.1) is 0 Å². The van der Waals surface area contributed by atoms with Crippen molar-refractivity contribution in [3.8, 4) is 22.3 Å². The van der Waals surface area contributed by atoms with Gasteiger partial charge < -0.3 is 9.80 Å². The first-order valence-corrected chi connectivity index (χ1v) is 10.2. The van der Waals surface area contributed by atoms with E-state index in [1.165, 1.54) is 52.0 Å². The maximum absolute atomic E-state index is 2.29. The third-order valence-electron chi connectivity index (χ3n) is 5.32. The van der Waals surface area contributed by atoms with Crippen molar-refractivity contribution in [3.05, 3.63) is 72.3 Å². The van der Waals surface area contributed by atoms with Crippen molar-refractivity contribution in [2.45, 2.75) is 26.2 Å². The Morgan fingerprint density at radius 1 is 0.643 bits per heavy atom. The van der Waals surface area contributed by atoms with Gasteiger partial charge in [-0.3, -0.25) is 0 Å². The predicted molar refractivity (Wildman–Crippen MR) is 125 cm³/mol. The Balaban J connectivity index is 2.11. The summed E-state index contributed by atoms with van der Waals surface area (Å²) < 4.78 is 0. The molecule has 2 nitrogen and oxygen atoms in total. The summed E-state index contributed by atoms with van der Waals surface area (Å²) in [7, 11) is 8.33. The zero-order chi connectivity index (χ0) is 20.1. The number of nitrogens with zero attached hydrogens (tertiary/aromatic N) is 2. The Morgan fingerprint density at radius 3 is 1.68 bits per heavy atom. The molecule has 3 rings (SSSR count). The van der Waals surface area contributed by atoms with Crippen LogP contribution in [0, 0.1) is 0 Å². The number of anilines is 2. The van der Waals surface area contributed by atoms with Gasteiger partial charge in [-0.1, -0.05) is 55.8 Å². The normalized spacial score (nSPS) is 10.8. The van der Waals surface area contributed by atoms with Crippen molar-refractivity contribution in [1.29, 1.82) is 0 Å². The summed E-state index contributed by atoms with van der Waals surface area (Å²) in [6.07, 6.45) is 3.54. The minimum atomic E-state index is 1.12. The van der Waals surface area contributed by atoms with Gasteiger partial charge in [-0.05, 0) is 64.9 Å². The van der Waals surface area contributed by atoms with Crippen molar-refractivity contribution < 1.29 is 0 Å². The van der Waals surface area contributed by atoms with E-state index >= 15 is 0 Å². The fraction of sp³-hybridized carbons (Fsp3) is 0.308. The van der Waals surface area contributed by atoms with E-state index in [0.29, 0.717) is 0 Å². The van der Waals surface area contributed by atoms with Gasteiger partial charge in [0.25, 0.3) is 0 Å². The van der Waals surface area contributed by atoms with Crippen LogP contribution in [0.1, 0.15) is 25.3 Å². The van der Waals surface area contributed by atoms with Crippen LogP contribution in [0.3, 0.4) is 0 Å². The highest BCUT2D eigenvalue weighted by atomic mass is 15.1. The largest absolute Gasteiger partial charge is 0.378 e. The summed E-state index contributed by atoms with van der Waals surface area (Å²) in [6, 6.07) is 24.6. The molecule has 0 heterocycles. The highest BCUT2D eigenvalue weighted by molar-refractivity contribution is 5.86. The summed E-state index contributed by atoms with van der Waals surface area (Å²) in [5.74, 6) is 0.